The summed E-state index contributed by atoms with van der Waals surface area (Å²) in [6.07, 6.45) is -1.16. The molecule has 2 heterocycles. The maximum Gasteiger partial charge on any atom is 0.413 e. The van der Waals surface area contributed by atoms with Gasteiger partial charge in [-0.05, 0) is 57.2 Å². The van der Waals surface area contributed by atoms with Gasteiger partial charge in [0, 0.05) is 13.1 Å². The number of amides is 2. The van der Waals surface area contributed by atoms with Gasteiger partial charge in [-0.25, -0.2) is 14.5 Å². The minimum Gasteiger partial charge on any atom is -0.465 e. The van der Waals surface area contributed by atoms with Crippen molar-refractivity contribution in [1.82, 2.24) is 19.3 Å². The SMILES string of the molecule is Cc1c(C(=O)Nc2ccccc2Oc2ccc3nc(N(C)C(=O)O)[nH]c3c2)c(=O)n(-c2ccccc2)n1CC(C)(C)O. The minimum atomic E-state index is -1.16. The zero-order valence-corrected chi connectivity index (χ0v) is 23.5. The molecule has 0 fully saturated rings. The highest BCUT2D eigenvalue weighted by Crippen LogP contribution is 2.32. The molecule has 0 aliphatic carbocycles. The molecule has 0 saturated heterocycles. The van der Waals surface area contributed by atoms with E-state index in [-0.39, 0.29) is 18.1 Å². The number of anilines is 2. The molecular weight excluding hydrogens is 540 g/mol. The number of carbonyl (C=O) groups is 2. The third-order valence-electron chi connectivity index (χ3n) is 6.57. The van der Waals surface area contributed by atoms with Crippen LogP contribution in [0.5, 0.6) is 11.5 Å². The van der Waals surface area contributed by atoms with Gasteiger partial charge in [-0.15, -0.1) is 0 Å². The van der Waals surface area contributed by atoms with E-state index in [1.165, 1.54) is 11.7 Å². The van der Waals surface area contributed by atoms with Crippen molar-refractivity contribution in [2.45, 2.75) is 32.9 Å². The van der Waals surface area contributed by atoms with Crippen LogP contribution in [-0.4, -0.2) is 54.2 Å². The summed E-state index contributed by atoms with van der Waals surface area (Å²) in [6.45, 7) is 5.01. The average Bonchev–Trinajstić information content (AvgIpc) is 3.46. The maximum atomic E-state index is 13.6. The predicted octanol–water partition coefficient (Wildman–Crippen LogP) is 4.75. The molecule has 0 unspecified atom stereocenters. The Labute approximate surface area is 240 Å². The lowest BCUT2D eigenvalue weighted by atomic mass is 10.1. The largest absolute Gasteiger partial charge is 0.465 e. The molecule has 3 aromatic carbocycles. The number of para-hydroxylation sites is 3. The second-order valence-electron chi connectivity index (χ2n) is 10.4. The summed E-state index contributed by atoms with van der Waals surface area (Å²) < 4.78 is 9.07. The smallest absolute Gasteiger partial charge is 0.413 e. The Morgan fingerprint density at radius 1 is 1.07 bits per heavy atom. The van der Waals surface area contributed by atoms with E-state index in [9.17, 15) is 24.6 Å². The monoisotopic (exact) mass is 570 g/mol. The molecule has 12 nitrogen and oxygen atoms in total. The summed E-state index contributed by atoms with van der Waals surface area (Å²) in [5.74, 6) is 0.273. The number of rotatable bonds is 8. The first-order chi connectivity index (χ1) is 19.9. The Balaban J connectivity index is 1.46. The number of imidazole rings is 1. The van der Waals surface area contributed by atoms with Crippen LogP contribution in [0.25, 0.3) is 16.7 Å². The van der Waals surface area contributed by atoms with Crippen molar-refractivity contribution < 1.29 is 24.5 Å². The fraction of sp³-hybridized carbons (Fsp3) is 0.200. The molecule has 12 heteroatoms. The number of fused-ring (bicyclic) bond motifs is 1. The number of nitrogens with zero attached hydrogens (tertiary/aromatic N) is 4. The Bertz CT molecular complexity index is 1850. The van der Waals surface area contributed by atoms with Gasteiger partial charge < -0.3 is 25.3 Å². The summed E-state index contributed by atoms with van der Waals surface area (Å²) in [4.78, 5) is 46.7. The number of H-pyrrole nitrogens is 1. The molecule has 216 valence electrons. The molecule has 42 heavy (non-hydrogen) atoms. The van der Waals surface area contributed by atoms with E-state index >= 15 is 0 Å². The van der Waals surface area contributed by atoms with E-state index in [0.29, 0.717) is 39.6 Å². The number of carbonyl (C=O) groups excluding carboxylic acids is 1. The molecule has 5 rings (SSSR count). The van der Waals surface area contributed by atoms with Crippen LogP contribution < -0.4 is 20.5 Å². The Hall–Kier alpha value is -5.36. The number of benzene rings is 3. The third-order valence-corrected chi connectivity index (χ3v) is 6.57. The molecule has 2 amide bonds. The van der Waals surface area contributed by atoms with Gasteiger partial charge in [0.2, 0.25) is 5.95 Å². The second-order valence-corrected chi connectivity index (χ2v) is 10.4. The minimum absolute atomic E-state index is 0.0631. The number of aromatic nitrogens is 4. The first kappa shape index (κ1) is 28.2. The molecule has 0 aliphatic rings. The maximum absolute atomic E-state index is 13.6. The van der Waals surface area contributed by atoms with Crippen LogP contribution in [-0.2, 0) is 6.54 Å². The van der Waals surface area contributed by atoms with Crippen molar-refractivity contribution in [3.8, 4) is 17.2 Å². The number of hydrogen-bond donors (Lipinski definition) is 4. The van der Waals surface area contributed by atoms with Crippen LogP contribution >= 0.6 is 0 Å². The van der Waals surface area contributed by atoms with Crippen molar-refractivity contribution in [1.29, 1.82) is 0 Å². The number of aliphatic hydroxyl groups is 1. The van der Waals surface area contributed by atoms with Gasteiger partial charge in [-0.3, -0.25) is 19.2 Å². The molecular formula is C30H30N6O6. The summed E-state index contributed by atoms with van der Waals surface area (Å²) in [5.41, 5.74) is 0.658. The molecule has 4 N–H and O–H groups in total. The third kappa shape index (κ3) is 5.60. The lowest BCUT2D eigenvalue weighted by Gasteiger charge is -2.22. The number of ether oxygens (including phenoxy) is 1. The Morgan fingerprint density at radius 2 is 1.76 bits per heavy atom. The van der Waals surface area contributed by atoms with E-state index in [2.05, 4.69) is 15.3 Å². The van der Waals surface area contributed by atoms with E-state index in [4.69, 9.17) is 4.74 Å². The zero-order chi connectivity index (χ0) is 30.2. The number of hydrogen-bond acceptors (Lipinski definition) is 6. The molecule has 0 bridgehead atoms. The summed E-state index contributed by atoms with van der Waals surface area (Å²) in [5, 5.41) is 22.6. The highest BCUT2D eigenvalue weighted by molar-refractivity contribution is 6.05. The van der Waals surface area contributed by atoms with E-state index in [1.807, 2.05) is 6.07 Å². The fourth-order valence-electron chi connectivity index (χ4n) is 4.55. The van der Waals surface area contributed by atoms with Gasteiger partial charge in [-0.2, -0.15) is 0 Å². The van der Waals surface area contributed by atoms with Crippen LogP contribution in [0.15, 0.2) is 77.6 Å². The molecule has 0 spiro atoms. The van der Waals surface area contributed by atoms with Crippen LogP contribution in [0.4, 0.5) is 16.4 Å². The lowest BCUT2D eigenvalue weighted by Crippen LogP contribution is -2.32. The Kier molecular flexibility index (Phi) is 7.31. The zero-order valence-electron chi connectivity index (χ0n) is 23.5. The summed E-state index contributed by atoms with van der Waals surface area (Å²) in [7, 11) is 1.38. The molecule has 0 radical (unpaired) electrons. The lowest BCUT2D eigenvalue weighted by molar-refractivity contribution is 0.0546. The van der Waals surface area contributed by atoms with E-state index in [0.717, 1.165) is 4.90 Å². The topological polar surface area (TPSA) is 155 Å². The van der Waals surface area contributed by atoms with Crippen LogP contribution in [0.2, 0.25) is 0 Å². The Morgan fingerprint density at radius 3 is 2.45 bits per heavy atom. The summed E-state index contributed by atoms with van der Waals surface area (Å²) >= 11 is 0. The predicted molar refractivity (Wildman–Crippen MR) is 158 cm³/mol. The van der Waals surface area contributed by atoms with Crippen molar-refractivity contribution in [3.05, 3.63) is 94.4 Å². The second kappa shape index (κ2) is 10.9. The first-order valence-corrected chi connectivity index (χ1v) is 13.1. The molecule has 2 aromatic heterocycles. The average molecular weight is 571 g/mol. The quantitative estimate of drug-likeness (QED) is 0.210. The van der Waals surface area contributed by atoms with E-state index in [1.54, 1.807) is 92.2 Å². The van der Waals surface area contributed by atoms with Gasteiger partial charge in [-0.1, -0.05) is 30.3 Å². The van der Waals surface area contributed by atoms with Crippen molar-refractivity contribution in [2.24, 2.45) is 0 Å². The van der Waals surface area contributed by atoms with Crippen molar-refractivity contribution in [2.75, 3.05) is 17.3 Å². The first-order valence-electron chi connectivity index (χ1n) is 13.1. The molecule has 0 atom stereocenters. The van der Waals surface area contributed by atoms with Gasteiger partial charge in [0.05, 0.1) is 40.2 Å². The summed E-state index contributed by atoms with van der Waals surface area (Å²) in [6, 6.07) is 20.7. The van der Waals surface area contributed by atoms with Crippen LogP contribution in [0.1, 0.15) is 29.9 Å². The van der Waals surface area contributed by atoms with Gasteiger partial charge in [0.25, 0.3) is 11.5 Å². The molecule has 0 saturated carbocycles. The normalized spacial score (nSPS) is 11.5. The number of nitrogens with one attached hydrogen (secondary N) is 2. The van der Waals surface area contributed by atoms with Gasteiger partial charge in [0.15, 0.2) is 5.75 Å². The molecule has 0 aliphatic heterocycles. The van der Waals surface area contributed by atoms with Crippen LogP contribution in [0.3, 0.4) is 0 Å². The van der Waals surface area contributed by atoms with Crippen molar-refractivity contribution >= 4 is 34.7 Å². The highest BCUT2D eigenvalue weighted by Gasteiger charge is 2.27. The number of aromatic amines is 1. The number of carboxylic acid groups (broad SMARTS) is 1. The fourth-order valence-corrected chi connectivity index (χ4v) is 4.55. The van der Waals surface area contributed by atoms with Gasteiger partial charge in [0.1, 0.15) is 11.3 Å². The highest BCUT2D eigenvalue weighted by atomic mass is 16.5. The molecule has 5 aromatic rings. The van der Waals surface area contributed by atoms with E-state index < -0.39 is 23.2 Å². The van der Waals surface area contributed by atoms with Gasteiger partial charge >= 0.3 is 6.09 Å². The van der Waals surface area contributed by atoms with Crippen LogP contribution in [0, 0.1) is 6.92 Å². The van der Waals surface area contributed by atoms with Crippen molar-refractivity contribution in [3.63, 3.8) is 0 Å². The standard InChI is InChI=1S/C30H30N6O6/c1-18-25(27(38)36(19-10-6-5-7-11-19)35(18)17-30(2,3)41)26(37)31-22-12-8-9-13-24(22)42-20-14-15-21-23(16-20)33-28(32-21)34(4)29(39)40/h5-16,41H,17H2,1-4H3,(H,31,37)(H,32,33)(H,39,40).